The number of carbonyl (C=O) groups is 2. The highest BCUT2D eigenvalue weighted by atomic mass is 35.5. The normalized spacial score (nSPS) is 12.3. The predicted molar refractivity (Wildman–Crippen MR) is 65.8 cm³/mol. The minimum absolute atomic E-state index is 0.218. The first-order valence-electron chi connectivity index (χ1n) is 5.00. The second-order valence-electron chi connectivity index (χ2n) is 3.46. The minimum Gasteiger partial charge on any atom is -0.479 e. The van der Waals surface area contributed by atoms with E-state index in [-0.39, 0.29) is 10.8 Å². The number of halogens is 1. The summed E-state index contributed by atoms with van der Waals surface area (Å²) in [5, 5.41) is 17.4. The van der Waals surface area contributed by atoms with Crippen LogP contribution in [0.15, 0.2) is 24.3 Å². The monoisotopic (exact) mass is 270 g/mol. The third-order valence-electron chi connectivity index (χ3n) is 2.03. The maximum absolute atomic E-state index is 10.6. The molecular formula is C12H11ClO5. The van der Waals surface area contributed by atoms with E-state index in [9.17, 15) is 9.59 Å². The molecule has 0 saturated carbocycles. The molecule has 1 aromatic rings. The Morgan fingerprint density at radius 3 is 2.56 bits per heavy atom. The highest BCUT2D eigenvalue weighted by Gasteiger charge is 2.14. The van der Waals surface area contributed by atoms with Crippen molar-refractivity contribution >= 4 is 29.6 Å². The van der Waals surface area contributed by atoms with Crippen LogP contribution in [0.4, 0.5) is 0 Å². The molecule has 6 heteroatoms. The summed E-state index contributed by atoms with van der Waals surface area (Å²) < 4.78 is 5.12. The Labute approximate surface area is 108 Å². The summed E-state index contributed by atoms with van der Waals surface area (Å²) in [5.41, 5.74) is 0.581. The summed E-state index contributed by atoms with van der Waals surface area (Å²) in [4.78, 5) is 21.0. The van der Waals surface area contributed by atoms with Crippen molar-refractivity contribution in [3.8, 4) is 5.75 Å². The third kappa shape index (κ3) is 4.10. The Balaban J connectivity index is 2.86. The predicted octanol–water partition coefficient (Wildman–Crippen LogP) is 2.29. The lowest BCUT2D eigenvalue weighted by Gasteiger charge is -2.11. The SMILES string of the molecule is CC(Oc1ccc(/C=C/C(=O)O)cc1Cl)C(=O)O. The molecule has 0 aliphatic rings. The number of hydrogen-bond donors (Lipinski definition) is 2. The van der Waals surface area contributed by atoms with Crippen molar-refractivity contribution in [2.45, 2.75) is 13.0 Å². The van der Waals surface area contributed by atoms with Crippen molar-refractivity contribution in [2.75, 3.05) is 0 Å². The summed E-state index contributed by atoms with van der Waals surface area (Å²) in [7, 11) is 0. The van der Waals surface area contributed by atoms with Gasteiger partial charge in [0.05, 0.1) is 5.02 Å². The van der Waals surface area contributed by atoms with Crippen LogP contribution in [0, 0.1) is 0 Å². The molecule has 0 aliphatic carbocycles. The molecule has 1 unspecified atom stereocenters. The lowest BCUT2D eigenvalue weighted by atomic mass is 10.2. The van der Waals surface area contributed by atoms with Crippen molar-refractivity contribution in [1.29, 1.82) is 0 Å². The highest BCUT2D eigenvalue weighted by molar-refractivity contribution is 6.32. The van der Waals surface area contributed by atoms with Gasteiger partial charge in [-0.2, -0.15) is 0 Å². The lowest BCUT2D eigenvalue weighted by molar-refractivity contribution is -0.144. The molecule has 2 N–H and O–H groups in total. The first-order valence-corrected chi connectivity index (χ1v) is 5.38. The van der Waals surface area contributed by atoms with Crippen LogP contribution in [0.1, 0.15) is 12.5 Å². The molecule has 5 nitrogen and oxygen atoms in total. The van der Waals surface area contributed by atoms with Gasteiger partial charge >= 0.3 is 11.9 Å². The van der Waals surface area contributed by atoms with Crippen molar-refractivity contribution in [1.82, 2.24) is 0 Å². The maximum atomic E-state index is 10.6. The Hall–Kier alpha value is -2.01. The van der Waals surface area contributed by atoms with Crippen LogP contribution in [0.5, 0.6) is 5.75 Å². The van der Waals surface area contributed by atoms with E-state index in [1.54, 1.807) is 6.07 Å². The van der Waals surface area contributed by atoms with Crippen LogP contribution >= 0.6 is 11.6 Å². The van der Waals surface area contributed by atoms with E-state index in [0.717, 1.165) is 6.08 Å². The molecule has 1 rings (SSSR count). The third-order valence-corrected chi connectivity index (χ3v) is 2.32. The Morgan fingerprint density at radius 1 is 1.39 bits per heavy atom. The van der Waals surface area contributed by atoms with Gasteiger partial charge in [-0.15, -0.1) is 0 Å². The van der Waals surface area contributed by atoms with Crippen molar-refractivity contribution < 1.29 is 24.5 Å². The fourth-order valence-electron chi connectivity index (χ4n) is 1.12. The average Bonchev–Trinajstić information content (AvgIpc) is 2.29. The second kappa shape index (κ2) is 6.07. The van der Waals surface area contributed by atoms with Crippen LogP contribution in [0.3, 0.4) is 0 Å². The van der Waals surface area contributed by atoms with Gasteiger partial charge in [-0.3, -0.25) is 0 Å². The number of hydrogen-bond acceptors (Lipinski definition) is 3. The van der Waals surface area contributed by atoms with Crippen LogP contribution in [0.25, 0.3) is 6.08 Å². The molecule has 0 saturated heterocycles. The van der Waals surface area contributed by atoms with E-state index in [2.05, 4.69) is 0 Å². The van der Waals surface area contributed by atoms with Gasteiger partial charge in [0.15, 0.2) is 6.10 Å². The van der Waals surface area contributed by atoms with Gasteiger partial charge in [-0.1, -0.05) is 17.7 Å². The fourth-order valence-corrected chi connectivity index (χ4v) is 1.36. The molecule has 0 aliphatic heterocycles. The number of benzene rings is 1. The van der Waals surface area contributed by atoms with Gasteiger partial charge in [0.2, 0.25) is 0 Å². The van der Waals surface area contributed by atoms with Crippen molar-refractivity contribution in [3.05, 3.63) is 34.9 Å². The summed E-state index contributed by atoms with van der Waals surface area (Å²) in [6, 6.07) is 4.56. The average molecular weight is 271 g/mol. The van der Waals surface area contributed by atoms with Crippen LogP contribution < -0.4 is 4.74 Å². The molecule has 0 heterocycles. The van der Waals surface area contributed by atoms with E-state index < -0.39 is 18.0 Å². The zero-order valence-electron chi connectivity index (χ0n) is 9.46. The van der Waals surface area contributed by atoms with Crippen molar-refractivity contribution in [2.24, 2.45) is 0 Å². The van der Waals surface area contributed by atoms with Gasteiger partial charge < -0.3 is 14.9 Å². The summed E-state index contributed by atoms with van der Waals surface area (Å²) in [6.45, 7) is 1.39. The smallest absolute Gasteiger partial charge is 0.344 e. The van der Waals surface area contributed by atoms with E-state index in [1.165, 1.54) is 25.1 Å². The maximum Gasteiger partial charge on any atom is 0.344 e. The van der Waals surface area contributed by atoms with E-state index in [0.29, 0.717) is 5.56 Å². The molecule has 0 spiro atoms. The topological polar surface area (TPSA) is 83.8 Å². The zero-order valence-corrected chi connectivity index (χ0v) is 10.2. The Morgan fingerprint density at radius 2 is 2.06 bits per heavy atom. The van der Waals surface area contributed by atoms with E-state index in [1.807, 2.05) is 0 Å². The molecule has 0 aromatic heterocycles. The fraction of sp³-hybridized carbons (Fsp3) is 0.167. The highest BCUT2D eigenvalue weighted by Crippen LogP contribution is 2.26. The van der Waals surface area contributed by atoms with E-state index in [4.69, 9.17) is 26.6 Å². The van der Waals surface area contributed by atoms with Crippen LogP contribution in [-0.2, 0) is 9.59 Å². The number of rotatable bonds is 5. The van der Waals surface area contributed by atoms with Crippen LogP contribution in [-0.4, -0.2) is 28.3 Å². The minimum atomic E-state index is -1.10. The van der Waals surface area contributed by atoms with Gasteiger partial charge in [0, 0.05) is 6.08 Å². The summed E-state index contributed by atoms with van der Waals surface area (Å²) >= 11 is 5.89. The van der Waals surface area contributed by atoms with Gasteiger partial charge in [-0.05, 0) is 30.7 Å². The van der Waals surface area contributed by atoms with E-state index >= 15 is 0 Å². The number of carboxylic acids is 2. The molecular weight excluding hydrogens is 260 g/mol. The first-order chi connectivity index (χ1) is 8.40. The number of ether oxygens (including phenoxy) is 1. The lowest BCUT2D eigenvalue weighted by Crippen LogP contribution is -2.22. The molecule has 0 fully saturated rings. The molecule has 1 atom stereocenters. The quantitative estimate of drug-likeness (QED) is 0.802. The van der Waals surface area contributed by atoms with Gasteiger partial charge in [0.25, 0.3) is 0 Å². The van der Waals surface area contributed by atoms with Crippen molar-refractivity contribution in [3.63, 3.8) is 0 Å². The molecule has 18 heavy (non-hydrogen) atoms. The second-order valence-corrected chi connectivity index (χ2v) is 3.87. The first kappa shape index (κ1) is 14.1. The van der Waals surface area contributed by atoms with Gasteiger partial charge in [0.1, 0.15) is 5.75 Å². The largest absolute Gasteiger partial charge is 0.479 e. The molecule has 0 bridgehead atoms. The molecule has 0 amide bonds. The molecule has 96 valence electrons. The van der Waals surface area contributed by atoms with Gasteiger partial charge in [-0.25, -0.2) is 9.59 Å². The molecule has 1 aromatic carbocycles. The standard InChI is InChI=1S/C12H11ClO5/c1-7(12(16)17)18-10-4-2-8(6-9(10)13)3-5-11(14)15/h2-7H,1H3,(H,14,15)(H,16,17)/b5-3+. The van der Waals surface area contributed by atoms with Crippen LogP contribution in [0.2, 0.25) is 5.02 Å². The summed E-state index contributed by atoms with van der Waals surface area (Å²) in [6.07, 6.45) is 1.34. The number of carboxylic acid groups (broad SMARTS) is 2. The zero-order chi connectivity index (χ0) is 13.7. The summed E-state index contributed by atoms with van der Waals surface area (Å²) in [5.74, 6) is -1.93. The Bertz CT molecular complexity index is 495. The molecule has 0 radical (unpaired) electrons. The Kier molecular flexibility index (Phi) is 4.74. The number of aliphatic carboxylic acids is 2.